The van der Waals surface area contributed by atoms with Gasteiger partial charge >= 0.3 is 0 Å². The first-order valence-electron chi connectivity index (χ1n) is 13.0. The van der Waals surface area contributed by atoms with Gasteiger partial charge in [0, 0.05) is 39.7 Å². The molecule has 2 nitrogen and oxygen atoms in total. The van der Waals surface area contributed by atoms with Gasteiger partial charge in [0.2, 0.25) is 0 Å². The summed E-state index contributed by atoms with van der Waals surface area (Å²) in [6.07, 6.45) is 1.89. The Morgan fingerprint density at radius 3 is 1.78 bits per heavy atom. The van der Waals surface area contributed by atoms with Crippen LogP contribution >= 0.6 is 0 Å². The number of aromatic nitrogens is 1. The van der Waals surface area contributed by atoms with Crippen molar-refractivity contribution in [1.82, 2.24) is 4.98 Å². The molecule has 0 N–H and O–H groups in total. The average Bonchev–Trinajstić information content (AvgIpc) is 2.94. The standard InChI is InChI=1S/C35H32N2/c1-34(2)30-19-13-18-28(32-20-11-12-23-36-32)33(30)35(3,4)29-22-21-27(24-31(29)34)37(25-14-7-5-8-15-25)26-16-9-6-10-17-26/h5-24H,1-4H3. The van der Waals surface area contributed by atoms with Crippen LogP contribution in [0.25, 0.3) is 11.3 Å². The van der Waals surface area contributed by atoms with Gasteiger partial charge in [-0.3, -0.25) is 4.98 Å². The molecule has 1 aliphatic rings. The largest absolute Gasteiger partial charge is 0.310 e. The normalized spacial score (nSPS) is 14.9. The number of hydrogen-bond acceptors (Lipinski definition) is 2. The fraction of sp³-hybridized carbons (Fsp3) is 0.171. The second-order valence-corrected chi connectivity index (χ2v) is 10.9. The van der Waals surface area contributed by atoms with Gasteiger partial charge in [-0.25, -0.2) is 0 Å². The Labute approximate surface area is 220 Å². The van der Waals surface area contributed by atoms with E-state index >= 15 is 0 Å². The molecule has 0 unspecified atom stereocenters. The maximum atomic E-state index is 4.72. The van der Waals surface area contributed by atoms with Gasteiger partial charge in [-0.1, -0.05) is 94.4 Å². The van der Waals surface area contributed by atoms with Gasteiger partial charge in [0.25, 0.3) is 0 Å². The highest BCUT2D eigenvalue weighted by Crippen LogP contribution is 2.53. The van der Waals surface area contributed by atoms with Crippen molar-refractivity contribution in [2.24, 2.45) is 0 Å². The Kier molecular flexibility index (Phi) is 5.49. The summed E-state index contributed by atoms with van der Waals surface area (Å²) in [6.45, 7) is 9.44. The van der Waals surface area contributed by atoms with Crippen LogP contribution in [0, 0.1) is 0 Å². The van der Waals surface area contributed by atoms with Crippen LogP contribution in [0.3, 0.4) is 0 Å². The molecule has 0 radical (unpaired) electrons. The van der Waals surface area contributed by atoms with Gasteiger partial charge in [-0.15, -0.1) is 0 Å². The third kappa shape index (κ3) is 3.76. The Hall–Kier alpha value is -4.17. The van der Waals surface area contributed by atoms with E-state index in [1.807, 2.05) is 12.3 Å². The van der Waals surface area contributed by atoms with Crippen LogP contribution < -0.4 is 4.90 Å². The van der Waals surface area contributed by atoms with Crippen LogP contribution in [0.5, 0.6) is 0 Å². The summed E-state index contributed by atoms with van der Waals surface area (Å²) >= 11 is 0. The zero-order chi connectivity index (χ0) is 25.6. The Morgan fingerprint density at radius 1 is 0.514 bits per heavy atom. The van der Waals surface area contributed by atoms with Gasteiger partial charge in [0.05, 0.1) is 5.69 Å². The molecule has 0 aliphatic heterocycles. The summed E-state index contributed by atoms with van der Waals surface area (Å²) in [5.41, 5.74) is 10.9. The molecule has 0 atom stereocenters. The maximum absolute atomic E-state index is 4.72. The molecule has 0 bridgehead atoms. The third-order valence-electron chi connectivity index (χ3n) is 7.94. The molecule has 37 heavy (non-hydrogen) atoms. The van der Waals surface area contributed by atoms with E-state index in [4.69, 9.17) is 4.98 Å². The third-order valence-corrected chi connectivity index (χ3v) is 7.94. The van der Waals surface area contributed by atoms with E-state index in [2.05, 4.69) is 142 Å². The number of hydrogen-bond donors (Lipinski definition) is 0. The molecule has 4 aromatic carbocycles. The molecule has 2 heteroatoms. The molecule has 0 amide bonds. The minimum absolute atomic E-state index is 0.167. The highest BCUT2D eigenvalue weighted by atomic mass is 15.1. The highest BCUT2D eigenvalue weighted by Gasteiger charge is 2.43. The molecular weight excluding hydrogens is 448 g/mol. The first-order valence-corrected chi connectivity index (χ1v) is 13.0. The monoisotopic (exact) mass is 480 g/mol. The molecule has 1 heterocycles. The lowest BCUT2D eigenvalue weighted by Gasteiger charge is -2.45. The van der Waals surface area contributed by atoms with Gasteiger partial charge in [-0.2, -0.15) is 0 Å². The lowest BCUT2D eigenvalue weighted by atomic mass is 9.59. The van der Waals surface area contributed by atoms with E-state index < -0.39 is 0 Å². The number of rotatable bonds is 4. The van der Waals surface area contributed by atoms with Crippen molar-refractivity contribution in [1.29, 1.82) is 0 Å². The Bertz CT molecular complexity index is 1510. The van der Waals surface area contributed by atoms with Crippen molar-refractivity contribution >= 4 is 17.1 Å². The van der Waals surface area contributed by atoms with Crippen LogP contribution in [0.15, 0.2) is 121 Å². The van der Waals surface area contributed by atoms with E-state index in [9.17, 15) is 0 Å². The minimum Gasteiger partial charge on any atom is -0.310 e. The van der Waals surface area contributed by atoms with Crippen molar-refractivity contribution in [2.75, 3.05) is 4.90 Å². The van der Waals surface area contributed by atoms with Crippen molar-refractivity contribution in [3.8, 4) is 11.3 Å². The molecule has 1 aromatic heterocycles. The summed E-state index contributed by atoms with van der Waals surface area (Å²) in [5.74, 6) is 0. The van der Waals surface area contributed by atoms with Crippen LogP contribution in [-0.2, 0) is 10.8 Å². The van der Waals surface area contributed by atoms with Gasteiger partial charge in [-0.05, 0) is 70.8 Å². The average molecular weight is 481 g/mol. The molecule has 0 spiro atoms. The molecule has 5 aromatic rings. The summed E-state index contributed by atoms with van der Waals surface area (Å²) < 4.78 is 0. The molecular formula is C35H32N2. The van der Waals surface area contributed by atoms with Crippen LogP contribution in [0.2, 0.25) is 0 Å². The smallest absolute Gasteiger partial charge is 0.0705 e. The van der Waals surface area contributed by atoms with E-state index in [0.717, 1.165) is 17.1 Å². The summed E-state index contributed by atoms with van der Waals surface area (Å²) in [7, 11) is 0. The minimum atomic E-state index is -0.169. The van der Waals surface area contributed by atoms with Crippen molar-refractivity contribution in [2.45, 2.75) is 38.5 Å². The van der Waals surface area contributed by atoms with Gasteiger partial charge in [0.1, 0.15) is 0 Å². The predicted octanol–water partition coefficient (Wildman–Crippen LogP) is 9.18. The van der Waals surface area contributed by atoms with Crippen molar-refractivity contribution in [3.05, 3.63) is 144 Å². The van der Waals surface area contributed by atoms with Crippen molar-refractivity contribution < 1.29 is 0 Å². The lowest BCUT2D eigenvalue weighted by Crippen LogP contribution is -2.37. The first kappa shape index (κ1) is 23.2. The number of pyridine rings is 1. The Balaban J connectivity index is 1.56. The fourth-order valence-electron chi connectivity index (χ4n) is 6.10. The van der Waals surface area contributed by atoms with E-state index in [-0.39, 0.29) is 10.8 Å². The second kappa shape index (κ2) is 8.74. The fourth-order valence-corrected chi connectivity index (χ4v) is 6.10. The van der Waals surface area contributed by atoms with E-state index in [1.165, 1.54) is 33.5 Å². The zero-order valence-electron chi connectivity index (χ0n) is 21.9. The molecule has 0 saturated heterocycles. The lowest BCUT2D eigenvalue weighted by molar-refractivity contribution is 0.522. The molecule has 0 fully saturated rings. The second-order valence-electron chi connectivity index (χ2n) is 10.9. The number of nitrogens with zero attached hydrogens (tertiary/aromatic N) is 2. The maximum Gasteiger partial charge on any atom is 0.0705 e. The predicted molar refractivity (Wildman–Crippen MR) is 155 cm³/mol. The van der Waals surface area contributed by atoms with Crippen molar-refractivity contribution in [3.63, 3.8) is 0 Å². The molecule has 1 aliphatic carbocycles. The summed E-state index contributed by atoms with van der Waals surface area (Å²) in [5, 5.41) is 0. The van der Waals surface area contributed by atoms with E-state index in [0.29, 0.717) is 0 Å². The topological polar surface area (TPSA) is 16.1 Å². The number of fused-ring (bicyclic) bond motifs is 2. The van der Waals surface area contributed by atoms with Crippen LogP contribution in [-0.4, -0.2) is 4.98 Å². The summed E-state index contributed by atoms with van der Waals surface area (Å²) in [4.78, 5) is 7.07. The van der Waals surface area contributed by atoms with Crippen LogP contribution in [0.4, 0.5) is 17.1 Å². The molecule has 6 rings (SSSR count). The van der Waals surface area contributed by atoms with Crippen LogP contribution in [0.1, 0.15) is 49.9 Å². The first-order chi connectivity index (χ1) is 17.9. The SMILES string of the molecule is CC1(C)c2cc(N(c3ccccc3)c3ccccc3)ccc2C(C)(C)c2c(-c3ccccn3)cccc21. The quantitative estimate of drug-likeness (QED) is 0.255. The van der Waals surface area contributed by atoms with Gasteiger partial charge in [0.15, 0.2) is 0 Å². The van der Waals surface area contributed by atoms with E-state index in [1.54, 1.807) is 0 Å². The molecule has 182 valence electrons. The number of benzene rings is 4. The Morgan fingerprint density at radius 2 is 1.16 bits per heavy atom. The molecule has 0 saturated carbocycles. The van der Waals surface area contributed by atoms with Gasteiger partial charge < -0.3 is 4.90 Å². The number of para-hydroxylation sites is 2. The number of anilines is 3. The highest BCUT2D eigenvalue weighted by molar-refractivity contribution is 5.79. The zero-order valence-corrected chi connectivity index (χ0v) is 21.9. The summed E-state index contributed by atoms with van der Waals surface area (Å²) in [6, 6.07) is 41.2.